The molecule has 0 bridgehead atoms. The van der Waals surface area contributed by atoms with Gasteiger partial charge in [-0.15, -0.1) is 0 Å². The number of allylic oxidation sites excluding steroid dienone is 1. The molecular formula is C17H21N3O2S. The number of nitriles is 1. The second-order valence-electron chi connectivity index (χ2n) is 5.97. The maximum absolute atomic E-state index is 12.8. The molecule has 3 rings (SSSR count). The van der Waals surface area contributed by atoms with Crippen molar-refractivity contribution in [1.29, 1.82) is 5.26 Å². The fourth-order valence-electron chi connectivity index (χ4n) is 3.30. The summed E-state index contributed by atoms with van der Waals surface area (Å²) in [4.78, 5) is 2.48. The fraction of sp³-hybridized carbons (Fsp3) is 0.471. The first kappa shape index (κ1) is 16.2. The van der Waals surface area contributed by atoms with Gasteiger partial charge in [0, 0.05) is 32.2 Å². The predicted octanol–water partition coefficient (Wildman–Crippen LogP) is 1.97. The Kier molecular flexibility index (Phi) is 4.81. The molecule has 23 heavy (non-hydrogen) atoms. The van der Waals surface area contributed by atoms with Gasteiger partial charge in [0.1, 0.15) is 6.07 Å². The number of hydrogen-bond acceptors (Lipinski definition) is 4. The molecular weight excluding hydrogens is 310 g/mol. The zero-order valence-corrected chi connectivity index (χ0v) is 13.9. The average Bonchev–Trinajstić information content (AvgIpc) is 2.62. The summed E-state index contributed by atoms with van der Waals surface area (Å²) in [6.07, 6.45) is 7.98. The molecule has 1 atom stereocenters. The average molecular weight is 331 g/mol. The molecule has 122 valence electrons. The van der Waals surface area contributed by atoms with Gasteiger partial charge >= 0.3 is 0 Å². The predicted molar refractivity (Wildman–Crippen MR) is 88.3 cm³/mol. The first-order valence-corrected chi connectivity index (χ1v) is 9.47. The van der Waals surface area contributed by atoms with Gasteiger partial charge in [-0.3, -0.25) is 4.90 Å². The standard InChI is InChI=1S/C17H21N3O2S/c18-14-15-6-4-5-9-17(15)23(21,22)20-12-10-19(11-13-20)16-7-2-1-3-8-16/h2,4-7,9,16H,1,3,8,10-13H2. The second kappa shape index (κ2) is 6.83. The van der Waals surface area contributed by atoms with Crippen molar-refractivity contribution in [3.8, 4) is 6.07 Å². The summed E-state index contributed by atoms with van der Waals surface area (Å²) in [5.41, 5.74) is 0.213. The maximum Gasteiger partial charge on any atom is 0.244 e. The van der Waals surface area contributed by atoms with Gasteiger partial charge in [0.2, 0.25) is 10.0 Å². The SMILES string of the molecule is N#Cc1ccccc1S(=O)(=O)N1CCN(C2C=CCCC2)CC1. The Hall–Kier alpha value is -1.68. The number of piperazine rings is 1. The number of benzene rings is 1. The smallest absolute Gasteiger partial charge is 0.244 e. The Balaban J connectivity index is 1.73. The lowest BCUT2D eigenvalue weighted by Gasteiger charge is -2.38. The highest BCUT2D eigenvalue weighted by Crippen LogP contribution is 2.23. The largest absolute Gasteiger partial charge is 0.294 e. The van der Waals surface area contributed by atoms with Gasteiger partial charge < -0.3 is 0 Å². The first-order chi connectivity index (χ1) is 11.1. The molecule has 1 heterocycles. The van der Waals surface area contributed by atoms with E-state index in [2.05, 4.69) is 17.1 Å². The van der Waals surface area contributed by atoms with Crippen LogP contribution in [0.15, 0.2) is 41.3 Å². The van der Waals surface area contributed by atoms with Crippen LogP contribution in [-0.2, 0) is 10.0 Å². The Morgan fingerprint density at radius 2 is 1.87 bits per heavy atom. The molecule has 6 heteroatoms. The van der Waals surface area contributed by atoms with E-state index in [0.29, 0.717) is 19.1 Å². The zero-order valence-electron chi connectivity index (χ0n) is 13.1. The number of nitrogens with zero attached hydrogens (tertiary/aromatic N) is 3. The summed E-state index contributed by atoms with van der Waals surface area (Å²) in [6.45, 7) is 2.44. The quantitative estimate of drug-likeness (QED) is 0.795. The van der Waals surface area contributed by atoms with Gasteiger partial charge in [0.05, 0.1) is 10.5 Å². The fourth-order valence-corrected chi connectivity index (χ4v) is 4.86. The van der Waals surface area contributed by atoms with E-state index in [-0.39, 0.29) is 10.5 Å². The molecule has 2 aliphatic rings. The minimum absolute atomic E-state index is 0.119. The highest BCUT2D eigenvalue weighted by Gasteiger charge is 2.31. The molecule has 1 saturated heterocycles. The summed E-state index contributed by atoms with van der Waals surface area (Å²) >= 11 is 0. The molecule has 5 nitrogen and oxygen atoms in total. The van der Waals surface area contributed by atoms with E-state index in [4.69, 9.17) is 5.26 Å². The van der Waals surface area contributed by atoms with E-state index in [1.807, 2.05) is 6.07 Å². The third-order valence-electron chi connectivity index (χ3n) is 4.60. The highest BCUT2D eigenvalue weighted by molar-refractivity contribution is 7.89. The topological polar surface area (TPSA) is 64.4 Å². The van der Waals surface area contributed by atoms with Gasteiger partial charge in [0.25, 0.3) is 0 Å². The van der Waals surface area contributed by atoms with Crippen molar-refractivity contribution in [2.24, 2.45) is 0 Å². The first-order valence-electron chi connectivity index (χ1n) is 8.03. The summed E-state index contributed by atoms with van der Waals surface area (Å²) < 4.78 is 27.1. The van der Waals surface area contributed by atoms with Crippen LogP contribution in [0.5, 0.6) is 0 Å². The molecule has 1 aliphatic heterocycles. The third kappa shape index (κ3) is 3.32. The van der Waals surface area contributed by atoms with Crippen LogP contribution in [-0.4, -0.2) is 49.8 Å². The Morgan fingerprint density at radius 3 is 2.52 bits per heavy atom. The summed E-state index contributed by atoms with van der Waals surface area (Å²) in [5.74, 6) is 0. The third-order valence-corrected chi connectivity index (χ3v) is 6.55. The van der Waals surface area contributed by atoms with Crippen LogP contribution in [0.25, 0.3) is 0 Å². The number of sulfonamides is 1. The monoisotopic (exact) mass is 331 g/mol. The van der Waals surface area contributed by atoms with E-state index >= 15 is 0 Å². The molecule has 0 spiro atoms. The lowest BCUT2D eigenvalue weighted by atomic mass is 10.0. The van der Waals surface area contributed by atoms with Crippen molar-refractivity contribution in [2.45, 2.75) is 30.2 Å². The number of rotatable bonds is 3. The Labute approximate surface area is 137 Å². The zero-order chi connectivity index (χ0) is 16.3. The lowest BCUT2D eigenvalue weighted by Crippen LogP contribution is -2.51. The van der Waals surface area contributed by atoms with Crippen LogP contribution in [0.3, 0.4) is 0 Å². The van der Waals surface area contributed by atoms with Crippen molar-refractivity contribution < 1.29 is 8.42 Å². The molecule has 0 amide bonds. The molecule has 1 aromatic rings. The van der Waals surface area contributed by atoms with Crippen molar-refractivity contribution in [3.63, 3.8) is 0 Å². The van der Waals surface area contributed by atoms with Crippen LogP contribution < -0.4 is 0 Å². The molecule has 0 aromatic heterocycles. The van der Waals surface area contributed by atoms with Crippen LogP contribution in [0.1, 0.15) is 24.8 Å². The maximum atomic E-state index is 12.8. The number of hydrogen-bond donors (Lipinski definition) is 0. The van der Waals surface area contributed by atoms with E-state index < -0.39 is 10.0 Å². The molecule has 0 radical (unpaired) electrons. The van der Waals surface area contributed by atoms with Crippen LogP contribution in [0.2, 0.25) is 0 Å². The van der Waals surface area contributed by atoms with E-state index in [9.17, 15) is 8.42 Å². The van der Waals surface area contributed by atoms with Crippen molar-refractivity contribution in [1.82, 2.24) is 9.21 Å². The van der Waals surface area contributed by atoms with Crippen molar-refractivity contribution >= 4 is 10.0 Å². The van der Waals surface area contributed by atoms with E-state index in [1.165, 1.54) is 16.8 Å². The summed E-state index contributed by atoms with van der Waals surface area (Å²) in [5, 5.41) is 9.14. The van der Waals surface area contributed by atoms with Gasteiger partial charge in [0.15, 0.2) is 0 Å². The van der Waals surface area contributed by atoms with Crippen molar-refractivity contribution in [2.75, 3.05) is 26.2 Å². The van der Waals surface area contributed by atoms with Gasteiger partial charge in [-0.05, 0) is 31.4 Å². The molecule has 0 N–H and O–H groups in total. The molecule has 1 aliphatic carbocycles. The van der Waals surface area contributed by atoms with E-state index in [0.717, 1.165) is 25.9 Å². The second-order valence-corrected chi connectivity index (χ2v) is 7.88. The molecule has 1 aromatic carbocycles. The molecule has 0 saturated carbocycles. The summed E-state index contributed by atoms with van der Waals surface area (Å²) in [7, 11) is -3.59. The normalized spacial score (nSPS) is 23.5. The highest BCUT2D eigenvalue weighted by atomic mass is 32.2. The Morgan fingerprint density at radius 1 is 1.13 bits per heavy atom. The van der Waals surface area contributed by atoms with Crippen LogP contribution in [0.4, 0.5) is 0 Å². The van der Waals surface area contributed by atoms with Crippen molar-refractivity contribution in [3.05, 3.63) is 42.0 Å². The van der Waals surface area contributed by atoms with Gasteiger partial charge in [-0.2, -0.15) is 9.57 Å². The van der Waals surface area contributed by atoms with Gasteiger partial charge in [-0.1, -0.05) is 24.3 Å². The van der Waals surface area contributed by atoms with Crippen LogP contribution in [0, 0.1) is 11.3 Å². The molecule has 1 fully saturated rings. The summed E-state index contributed by atoms with van der Waals surface area (Å²) in [6, 6.07) is 8.84. The van der Waals surface area contributed by atoms with E-state index in [1.54, 1.807) is 18.2 Å². The Bertz CT molecular complexity index is 728. The lowest BCUT2D eigenvalue weighted by molar-refractivity contribution is 0.150. The molecule has 1 unspecified atom stereocenters. The van der Waals surface area contributed by atoms with Gasteiger partial charge in [-0.25, -0.2) is 8.42 Å². The minimum Gasteiger partial charge on any atom is -0.294 e. The van der Waals surface area contributed by atoms with Crippen LogP contribution >= 0.6 is 0 Å². The minimum atomic E-state index is -3.59.